The van der Waals surface area contributed by atoms with Gasteiger partial charge in [-0.25, -0.2) is 0 Å². The van der Waals surface area contributed by atoms with Gasteiger partial charge in [-0.2, -0.15) is 0 Å². The quantitative estimate of drug-likeness (QED) is 0.823. The lowest BCUT2D eigenvalue weighted by Crippen LogP contribution is -2.40. The summed E-state index contributed by atoms with van der Waals surface area (Å²) in [5.74, 6) is 0.162. The summed E-state index contributed by atoms with van der Waals surface area (Å²) in [7, 11) is 1.92. The maximum atomic E-state index is 12.5. The first kappa shape index (κ1) is 12.7. The van der Waals surface area contributed by atoms with Crippen LogP contribution >= 0.6 is 15.9 Å². The van der Waals surface area contributed by atoms with Crippen LogP contribution in [0.1, 0.15) is 43.6 Å². The maximum Gasteiger partial charge on any atom is 0.270 e. The maximum absolute atomic E-state index is 12.5. The van der Waals surface area contributed by atoms with E-state index in [9.17, 15) is 4.79 Å². The Morgan fingerprint density at radius 3 is 2.76 bits per heavy atom. The number of carbonyl (C=O) groups is 1. The van der Waals surface area contributed by atoms with Crippen molar-refractivity contribution in [2.75, 3.05) is 0 Å². The van der Waals surface area contributed by atoms with Crippen molar-refractivity contribution in [3.05, 3.63) is 22.4 Å². The lowest BCUT2D eigenvalue weighted by molar-refractivity contribution is 0.0666. The molecule has 0 aliphatic carbocycles. The van der Waals surface area contributed by atoms with Crippen LogP contribution in [-0.4, -0.2) is 27.5 Å². The van der Waals surface area contributed by atoms with Crippen molar-refractivity contribution < 1.29 is 4.79 Å². The second kappa shape index (κ2) is 4.84. The normalized spacial score (nSPS) is 24.4. The molecule has 0 spiro atoms. The van der Waals surface area contributed by atoms with Crippen molar-refractivity contribution in [1.29, 1.82) is 0 Å². The van der Waals surface area contributed by atoms with Gasteiger partial charge in [-0.3, -0.25) is 4.79 Å². The van der Waals surface area contributed by atoms with Crippen LogP contribution < -0.4 is 0 Å². The Hall–Kier alpha value is -0.770. The third-order valence-corrected chi connectivity index (χ3v) is 4.12. The number of nitrogens with zero attached hydrogens (tertiary/aromatic N) is 2. The zero-order valence-electron chi connectivity index (χ0n) is 10.6. The van der Waals surface area contributed by atoms with Crippen LogP contribution in [0.5, 0.6) is 0 Å². The average molecular weight is 299 g/mol. The minimum Gasteiger partial charge on any atom is -0.345 e. The predicted molar refractivity (Wildman–Crippen MR) is 72.1 cm³/mol. The van der Waals surface area contributed by atoms with E-state index in [4.69, 9.17) is 0 Å². The molecule has 1 aliphatic rings. The number of likely N-dealkylation sites (tertiary alicyclic amines) is 1. The van der Waals surface area contributed by atoms with Gasteiger partial charge in [0.25, 0.3) is 5.91 Å². The van der Waals surface area contributed by atoms with Gasteiger partial charge in [0.2, 0.25) is 0 Å². The summed E-state index contributed by atoms with van der Waals surface area (Å²) in [6.45, 7) is 4.30. The SMILES string of the molecule is CCC1CCC(C)N1C(=O)c1cc(Br)cn1C. The van der Waals surface area contributed by atoms with E-state index in [1.165, 1.54) is 0 Å². The first-order chi connectivity index (χ1) is 8.04. The monoisotopic (exact) mass is 298 g/mol. The Balaban J connectivity index is 2.27. The first-order valence-electron chi connectivity index (χ1n) is 6.19. The molecule has 2 heterocycles. The molecule has 0 aromatic carbocycles. The standard InChI is InChI=1S/C13H19BrN2O/c1-4-11-6-5-9(2)16(11)13(17)12-7-10(14)8-15(12)3/h7-9,11H,4-6H2,1-3H3. The molecule has 1 aromatic heterocycles. The molecule has 17 heavy (non-hydrogen) atoms. The number of hydrogen-bond donors (Lipinski definition) is 0. The van der Waals surface area contributed by atoms with Gasteiger partial charge in [0, 0.05) is 29.8 Å². The third kappa shape index (κ3) is 2.28. The molecule has 94 valence electrons. The lowest BCUT2D eigenvalue weighted by atomic mass is 10.1. The number of hydrogen-bond acceptors (Lipinski definition) is 1. The van der Waals surface area contributed by atoms with Gasteiger partial charge in [0.15, 0.2) is 0 Å². The van der Waals surface area contributed by atoms with Crippen LogP contribution in [0.15, 0.2) is 16.7 Å². The van der Waals surface area contributed by atoms with E-state index in [0.29, 0.717) is 12.1 Å². The van der Waals surface area contributed by atoms with Gasteiger partial charge in [-0.05, 0) is 48.2 Å². The Labute approximate surface area is 111 Å². The van der Waals surface area contributed by atoms with Crippen molar-refractivity contribution in [2.45, 2.75) is 45.2 Å². The number of aromatic nitrogens is 1. The Morgan fingerprint density at radius 2 is 2.24 bits per heavy atom. The highest BCUT2D eigenvalue weighted by Gasteiger charge is 2.34. The van der Waals surface area contributed by atoms with E-state index in [-0.39, 0.29) is 5.91 Å². The summed E-state index contributed by atoms with van der Waals surface area (Å²) in [6.07, 6.45) is 5.22. The molecule has 0 radical (unpaired) electrons. The van der Waals surface area contributed by atoms with Gasteiger partial charge in [-0.15, -0.1) is 0 Å². The largest absolute Gasteiger partial charge is 0.345 e. The number of aryl methyl sites for hydroxylation is 1. The Morgan fingerprint density at radius 1 is 1.53 bits per heavy atom. The molecule has 1 amide bonds. The van der Waals surface area contributed by atoms with Crippen molar-refractivity contribution in [1.82, 2.24) is 9.47 Å². The number of halogens is 1. The summed E-state index contributed by atoms with van der Waals surface area (Å²) in [4.78, 5) is 14.6. The third-order valence-electron chi connectivity index (χ3n) is 3.68. The second-order valence-electron chi connectivity index (χ2n) is 4.86. The van der Waals surface area contributed by atoms with E-state index in [2.05, 4.69) is 34.7 Å². The molecule has 0 bridgehead atoms. The minimum absolute atomic E-state index is 0.162. The predicted octanol–water partition coefficient (Wildman–Crippen LogP) is 3.19. The molecule has 0 saturated carbocycles. The van der Waals surface area contributed by atoms with E-state index in [1.54, 1.807) is 0 Å². The molecular formula is C13H19BrN2O. The highest BCUT2D eigenvalue weighted by atomic mass is 79.9. The van der Waals surface area contributed by atoms with Crippen molar-refractivity contribution in [3.63, 3.8) is 0 Å². The fourth-order valence-electron chi connectivity index (χ4n) is 2.71. The van der Waals surface area contributed by atoms with Gasteiger partial charge in [-0.1, -0.05) is 6.92 Å². The zero-order chi connectivity index (χ0) is 12.6. The van der Waals surface area contributed by atoms with Gasteiger partial charge < -0.3 is 9.47 Å². The van der Waals surface area contributed by atoms with Crippen LogP contribution in [0.2, 0.25) is 0 Å². The molecule has 1 saturated heterocycles. The summed E-state index contributed by atoms with van der Waals surface area (Å²) < 4.78 is 2.85. The van der Waals surface area contributed by atoms with E-state index < -0.39 is 0 Å². The number of amides is 1. The highest BCUT2D eigenvalue weighted by Crippen LogP contribution is 2.28. The molecule has 2 rings (SSSR count). The summed E-state index contributed by atoms with van der Waals surface area (Å²) in [5, 5.41) is 0. The second-order valence-corrected chi connectivity index (χ2v) is 5.77. The van der Waals surface area contributed by atoms with Crippen LogP contribution in [0.4, 0.5) is 0 Å². The summed E-state index contributed by atoms with van der Waals surface area (Å²) in [5.41, 5.74) is 0.768. The lowest BCUT2D eigenvalue weighted by Gasteiger charge is -2.28. The van der Waals surface area contributed by atoms with Crippen molar-refractivity contribution in [3.8, 4) is 0 Å². The van der Waals surface area contributed by atoms with Crippen molar-refractivity contribution in [2.24, 2.45) is 7.05 Å². The molecule has 1 fully saturated rings. The molecular weight excluding hydrogens is 280 g/mol. The fraction of sp³-hybridized carbons (Fsp3) is 0.615. The molecule has 3 nitrogen and oxygen atoms in total. The first-order valence-corrected chi connectivity index (χ1v) is 6.98. The van der Waals surface area contributed by atoms with Crippen LogP contribution in [0.25, 0.3) is 0 Å². The van der Waals surface area contributed by atoms with Crippen LogP contribution in [-0.2, 0) is 7.05 Å². The molecule has 1 aromatic rings. The van der Waals surface area contributed by atoms with Gasteiger partial charge in [0.05, 0.1) is 0 Å². The number of rotatable bonds is 2. The average Bonchev–Trinajstić information content (AvgIpc) is 2.80. The molecule has 1 aliphatic heterocycles. The van der Waals surface area contributed by atoms with E-state index >= 15 is 0 Å². The van der Waals surface area contributed by atoms with Gasteiger partial charge >= 0.3 is 0 Å². The molecule has 2 unspecified atom stereocenters. The zero-order valence-corrected chi connectivity index (χ0v) is 12.2. The molecule has 2 atom stereocenters. The smallest absolute Gasteiger partial charge is 0.270 e. The summed E-state index contributed by atoms with van der Waals surface area (Å²) in [6, 6.07) is 2.67. The van der Waals surface area contributed by atoms with Crippen molar-refractivity contribution >= 4 is 21.8 Å². The molecule has 0 N–H and O–H groups in total. The van der Waals surface area contributed by atoms with E-state index in [0.717, 1.165) is 29.4 Å². The molecule has 4 heteroatoms. The Bertz CT molecular complexity index is 427. The Kier molecular flexibility index (Phi) is 3.61. The minimum atomic E-state index is 0.162. The topological polar surface area (TPSA) is 25.2 Å². The van der Waals surface area contributed by atoms with Gasteiger partial charge in [0.1, 0.15) is 5.69 Å². The van der Waals surface area contributed by atoms with E-state index in [1.807, 2.05) is 23.9 Å². The highest BCUT2D eigenvalue weighted by molar-refractivity contribution is 9.10. The van der Waals surface area contributed by atoms with Crippen LogP contribution in [0, 0.1) is 0 Å². The summed E-state index contributed by atoms with van der Waals surface area (Å²) >= 11 is 3.42. The number of carbonyl (C=O) groups excluding carboxylic acids is 1. The fourth-order valence-corrected chi connectivity index (χ4v) is 3.23. The van der Waals surface area contributed by atoms with Crippen LogP contribution in [0.3, 0.4) is 0 Å².